The monoisotopic (exact) mass is 251 g/mol. The quantitative estimate of drug-likeness (QED) is 0.665. The van der Waals surface area contributed by atoms with Crippen molar-refractivity contribution in [2.24, 2.45) is 0 Å². The third-order valence-corrected chi connectivity index (χ3v) is 2.62. The van der Waals surface area contributed by atoms with E-state index >= 15 is 0 Å². The molecule has 0 saturated carbocycles. The predicted molar refractivity (Wildman–Crippen MR) is 70.2 cm³/mol. The van der Waals surface area contributed by atoms with Crippen LogP contribution in [0.1, 0.15) is 17.5 Å². The Morgan fingerprint density at radius 1 is 1.44 bits per heavy atom. The molecule has 0 aliphatic heterocycles. The maximum atomic E-state index is 11.4. The van der Waals surface area contributed by atoms with Crippen LogP contribution in [0.2, 0.25) is 0 Å². The fraction of sp³-hybridized carbons (Fsp3) is 0.538. The van der Waals surface area contributed by atoms with Crippen molar-refractivity contribution in [1.82, 2.24) is 15.6 Å². The number of ether oxygens (including phenoxy) is 1. The summed E-state index contributed by atoms with van der Waals surface area (Å²) in [5.74, 6) is 0.0439. The van der Waals surface area contributed by atoms with Crippen molar-refractivity contribution in [3.05, 3.63) is 29.6 Å². The van der Waals surface area contributed by atoms with Crippen LogP contribution in [0, 0.1) is 6.92 Å². The zero-order valence-corrected chi connectivity index (χ0v) is 11.0. The van der Waals surface area contributed by atoms with Crippen LogP contribution in [0.3, 0.4) is 0 Å². The minimum Gasteiger partial charge on any atom is -0.383 e. The Balaban J connectivity index is 2.12. The number of carbonyl (C=O) groups is 1. The number of methoxy groups -OCH3 is 1. The number of aromatic nitrogens is 1. The second kappa shape index (κ2) is 8.60. The molecule has 0 aliphatic carbocycles. The molecule has 1 aromatic rings. The number of rotatable bonds is 8. The second-order valence-electron chi connectivity index (χ2n) is 4.07. The van der Waals surface area contributed by atoms with Crippen LogP contribution in [-0.2, 0) is 16.1 Å². The summed E-state index contributed by atoms with van der Waals surface area (Å²) in [6.07, 6.45) is 4.10. The summed E-state index contributed by atoms with van der Waals surface area (Å²) in [5.41, 5.74) is 2.37. The Bertz CT molecular complexity index is 369. The molecule has 0 aromatic carbocycles. The van der Waals surface area contributed by atoms with E-state index in [1.807, 2.05) is 12.3 Å². The van der Waals surface area contributed by atoms with Crippen LogP contribution in [0.4, 0.5) is 0 Å². The number of nitrogens with one attached hydrogen (secondary N) is 2. The first kappa shape index (κ1) is 14.6. The lowest BCUT2D eigenvalue weighted by atomic mass is 10.1. The summed E-state index contributed by atoms with van der Waals surface area (Å²) in [4.78, 5) is 15.5. The molecule has 0 spiro atoms. The molecule has 0 radical (unpaired) electrons. The summed E-state index contributed by atoms with van der Waals surface area (Å²) < 4.78 is 4.85. The van der Waals surface area contributed by atoms with Gasteiger partial charge in [-0.1, -0.05) is 0 Å². The molecular formula is C13H21N3O2. The standard InChI is InChI=1S/C13H21N3O2/c1-11-3-5-14-9-12(11)10-15-6-4-13(17)16-7-8-18-2/h3,5,9,15H,4,6-8,10H2,1-2H3,(H,16,17). The predicted octanol–water partition coefficient (Wildman–Crippen LogP) is 0.632. The summed E-state index contributed by atoms with van der Waals surface area (Å²) in [6.45, 7) is 4.57. The summed E-state index contributed by atoms with van der Waals surface area (Å²) in [6, 6.07) is 1.98. The fourth-order valence-corrected chi connectivity index (χ4v) is 1.49. The van der Waals surface area contributed by atoms with Gasteiger partial charge in [-0.05, 0) is 24.1 Å². The average Bonchev–Trinajstić information content (AvgIpc) is 2.37. The van der Waals surface area contributed by atoms with Crippen LogP contribution in [0.15, 0.2) is 18.5 Å². The zero-order valence-electron chi connectivity index (χ0n) is 11.0. The van der Waals surface area contributed by atoms with E-state index in [2.05, 4.69) is 22.5 Å². The highest BCUT2D eigenvalue weighted by Crippen LogP contribution is 2.03. The Morgan fingerprint density at radius 3 is 3.00 bits per heavy atom. The third-order valence-electron chi connectivity index (χ3n) is 2.62. The average molecular weight is 251 g/mol. The fourth-order valence-electron chi connectivity index (χ4n) is 1.49. The number of hydrogen-bond donors (Lipinski definition) is 2. The first-order valence-corrected chi connectivity index (χ1v) is 6.10. The van der Waals surface area contributed by atoms with Crippen LogP contribution in [0.25, 0.3) is 0 Å². The highest BCUT2D eigenvalue weighted by molar-refractivity contribution is 5.76. The van der Waals surface area contributed by atoms with Gasteiger partial charge in [0.25, 0.3) is 0 Å². The number of amides is 1. The maximum absolute atomic E-state index is 11.4. The van der Waals surface area contributed by atoms with Crippen molar-refractivity contribution >= 4 is 5.91 Å². The lowest BCUT2D eigenvalue weighted by Crippen LogP contribution is -2.30. The minimum atomic E-state index is 0.0439. The number of pyridine rings is 1. The number of nitrogens with zero attached hydrogens (tertiary/aromatic N) is 1. The molecule has 100 valence electrons. The Morgan fingerprint density at radius 2 is 2.28 bits per heavy atom. The van der Waals surface area contributed by atoms with Gasteiger partial charge in [-0.15, -0.1) is 0 Å². The molecule has 1 amide bonds. The number of hydrogen-bond acceptors (Lipinski definition) is 4. The number of aryl methyl sites for hydroxylation is 1. The van der Waals surface area contributed by atoms with Crippen molar-refractivity contribution in [3.63, 3.8) is 0 Å². The topological polar surface area (TPSA) is 63.2 Å². The molecular weight excluding hydrogens is 230 g/mol. The molecule has 0 atom stereocenters. The first-order valence-electron chi connectivity index (χ1n) is 6.10. The lowest BCUT2D eigenvalue weighted by molar-refractivity contribution is -0.121. The molecule has 2 N–H and O–H groups in total. The van der Waals surface area contributed by atoms with Gasteiger partial charge < -0.3 is 15.4 Å². The van der Waals surface area contributed by atoms with E-state index in [0.717, 1.165) is 12.1 Å². The van der Waals surface area contributed by atoms with E-state index in [0.29, 0.717) is 26.1 Å². The van der Waals surface area contributed by atoms with Crippen LogP contribution >= 0.6 is 0 Å². The molecule has 1 aromatic heterocycles. The molecule has 0 fully saturated rings. The van der Waals surface area contributed by atoms with E-state index in [4.69, 9.17) is 4.74 Å². The summed E-state index contributed by atoms with van der Waals surface area (Å²) >= 11 is 0. The highest BCUT2D eigenvalue weighted by Gasteiger charge is 2.01. The van der Waals surface area contributed by atoms with Crippen LogP contribution in [0.5, 0.6) is 0 Å². The summed E-state index contributed by atoms with van der Waals surface area (Å²) in [5, 5.41) is 6.01. The van der Waals surface area contributed by atoms with E-state index in [-0.39, 0.29) is 5.91 Å². The number of carbonyl (C=O) groups excluding carboxylic acids is 1. The van der Waals surface area contributed by atoms with Gasteiger partial charge >= 0.3 is 0 Å². The molecule has 0 bridgehead atoms. The molecule has 5 nitrogen and oxygen atoms in total. The van der Waals surface area contributed by atoms with Gasteiger partial charge in [-0.25, -0.2) is 0 Å². The molecule has 0 saturated heterocycles. The van der Waals surface area contributed by atoms with Crippen molar-refractivity contribution in [2.45, 2.75) is 19.9 Å². The van der Waals surface area contributed by atoms with Crippen molar-refractivity contribution in [1.29, 1.82) is 0 Å². The van der Waals surface area contributed by atoms with E-state index in [9.17, 15) is 4.79 Å². The molecule has 0 aliphatic rings. The zero-order chi connectivity index (χ0) is 13.2. The van der Waals surface area contributed by atoms with Crippen LogP contribution < -0.4 is 10.6 Å². The highest BCUT2D eigenvalue weighted by atomic mass is 16.5. The molecule has 18 heavy (non-hydrogen) atoms. The third kappa shape index (κ3) is 5.75. The van der Waals surface area contributed by atoms with Gasteiger partial charge in [-0.2, -0.15) is 0 Å². The van der Waals surface area contributed by atoms with Gasteiger partial charge in [0, 0.05) is 45.6 Å². The van der Waals surface area contributed by atoms with Crippen molar-refractivity contribution in [2.75, 3.05) is 26.8 Å². The van der Waals surface area contributed by atoms with Crippen LogP contribution in [-0.4, -0.2) is 37.7 Å². The largest absolute Gasteiger partial charge is 0.383 e. The second-order valence-corrected chi connectivity index (χ2v) is 4.07. The van der Waals surface area contributed by atoms with Gasteiger partial charge in [0.05, 0.1) is 6.61 Å². The Hall–Kier alpha value is -1.46. The van der Waals surface area contributed by atoms with Gasteiger partial charge in [0.1, 0.15) is 0 Å². The van der Waals surface area contributed by atoms with Crippen molar-refractivity contribution < 1.29 is 9.53 Å². The molecule has 1 rings (SSSR count). The van der Waals surface area contributed by atoms with Gasteiger partial charge in [-0.3, -0.25) is 9.78 Å². The molecule has 0 unspecified atom stereocenters. The minimum absolute atomic E-state index is 0.0439. The maximum Gasteiger partial charge on any atom is 0.221 e. The van der Waals surface area contributed by atoms with E-state index in [1.165, 1.54) is 5.56 Å². The first-order chi connectivity index (χ1) is 8.74. The molecule has 1 heterocycles. The smallest absolute Gasteiger partial charge is 0.221 e. The lowest BCUT2D eigenvalue weighted by Gasteiger charge is -2.07. The normalized spacial score (nSPS) is 10.3. The summed E-state index contributed by atoms with van der Waals surface area (Å²) in [7, 11) is 1.62. The molecule has 5 heteroatoms. The van der Waals surface area contributed by atoms with Gasteiger partial charge in [0.15, 0.2) is 0 Å². The Kier molecular flexibility index (Phi) is 6.98. The van der Waals surface area contributed by atoms with Crippen molar-refractivity contribution in [3.8, 4) is 0 Å². The van der Waals surface area contributed by atoms with E-state index in [1.54, 1.807) is 13.3 Å². The SMILES string of the molecule is COCCNC(=O)CCNCc1cnccc1C. The van der Waals surface area contributed by atoms with E-state index < -0.39 is 0 Å². The Labute approximate surface area is 108 Å². The van der Waals surface area contributed by atoms with Gasteiger partial charge in [0.2, 0.25) is 5.91 Å².